The smallest absolute Gasteiger partial charge is 0.320 e. The highest BCUT2D eigenvalue weighted by Crippen LogP contribution is 2.16. The second-order valence-electron chi connectivity index (χ2n) is 9.55. The fourth-order valence-corrected chi connectivity index (χ4v) is 3.97. The van der Waals surface area contributed by atoms with E-state index in [-0.39, 0.29) is 0 Å². The molecule has 0 aromatic carbocycles. The molecular weight excluding hydrogens is 428 g/mol. The Morgan fingerprint density at radius 1 is 0.618 bits per heavy atom. The van der Waals surface area contributed by atoms with Gasteiger partial charge in [-0.3, -0.25) is 9.59 Å². The van der Waals surface area contributed by atoms with Crippen molar-refractivity contribution in [2.24, 2.45) is 11.7 Å². The molecule has 6 heteroatoms. The van der Waals surface area contributed by atoms with Crippen LogP contribution in [0, 0.1) is 5.92 Å². The van der Waals surface area contributed by atoms with E-state index in [1.807, 2.05) is 0 Å². The number of hydrogen-bond donors (Lipinski definition) is 1. The third-order valence-electron chi connectivity index (χ3n) is 6.28. The van der Waals surface area contributed by atoms with E-state index in [4.69, 9.17) is 15.2 Å². The van der Waals surface area contributed by atoms with Gasteiger partial charge in [-0.05, 0) is 64.7 Å². The Morgan fingerprint density at radius 2 is 1.06 bits per heavy atom. The molecule has 0 unspecified atom stereocenters. The summed E-state index contributed by atoms with van der Waals surface area (Å²) in [5.74, 6) is -1.61. The average Bonchev–Trinajstić information content (AvgIpc) is 2.83. The van der Waals surface area contributed by atoms with Gasteiger partial charge in [-0.1, -0.05) is 85.0 Å². The van der Waals surface area contributed by atoms with E-state index in [1.54, 1.807) is 0 Å². The van der Waals surface area contributed by atoms with Crippen LogP contribution in [0.25, 0.3) is 0 Å². The first kappa shape index (κ1) is 32.9. The fraction of sp³-hybridized carbons (Fsp3) is 0.929. The van der Waals surface area contributed by atoms with Crippen molar-refractivity contribution in [1.82, 2.24) is 4.90 Å². The summed E-state index contributed by atoms with van der Waals surface area (Å²) in [6.07, 6.45) is 17.2. The molecule has 0 atom stereocenters. The first-order valence-corrected chi connectivity index (χ1v) is 14.4. The number of esters is 2. The Bertz CT molecular complexity index is 451. The van der Waals surface area contributed by atoms with E-state index in [9.17, 15) is 9.59 Å². The van der Waals surface area contributed by atoms with Crippen LogP contribution in [0.5, 0.6) is 0 Å². The Kier molecular flexibility index (Phi) is 24.1. The highest BCUT2D eigenvalue weighted by Gasteiger charge is 2.29. The zero-order valence-corrected chi connectivity index (χ0v) is 22.8. The second kappa shape index (κ2) is 25.0. The van der Waals surface area contributed by atoms with Crippen molar-refractivity contribution in [3.05, 3.63) is 0 Å². The number of nitrogens with two attached hydrogens (primary N) is 1. The standard InChI is InChI=1S/C28H56N2O4/c1-4-7-10-11-13-16-21-30(23-18-20-29)22-17-14-12-15-19-26(27(31)33-24-8-5-2)28(32)34-25-9-6-3/h26H,4-25,29H2,1-3H3. The van der Waals surface area contributed by atoms with E-state index in [0.29, 0.717) is 19.6 Å². The van der Waals surface area contributed by atoms with Crippen LogP contribution in [-0.2, 0) is 19.1 Å². The maximum absolute atomic E-state index is 12.4. The van der Waals surface area contributed by atoms with E-state index >= 15 is 0 Å². The summed E-state index contributed by atoms with van der Waals surface area (Å²) in [5.41, 5.74) is 5.73. The monoisotopic (exact) mass is 484 g/mol. The molecule has 0 fully saturated rings. The molecule has 0 heterocycles. The SMILES string of the molecule is CCCCCCCCN(CCCN)CCCCCCC(C(=O)OCCCC)C(=O)OCCCC. The Hall–Kier alpha value is -1.14. The molecule has 0 radical (unpaired) electrons. The topological polar surface area (TPSA) is 81.9 Å². The molecule has 0 aliphatic rings. The molecule has 6 nitrogen and oxygen atoms in total. The van der Waals surface area contributed by atoms with Crippen molar-refractivity contribution in [3.8, 4) is 0 Å². The van der Waals surface area contributed by atoms with Crippen LogP contribution in [0.4, 0.5) is 0 Å². The maximum Gasteiger partial charge on any atom is 0.320 e. The van der Waals surface area contributed by atoms with Crippen molar-refractivity contribution < 1.29 is 19.1 Å². The molecule has 0 aromatic heterocycles. The Balaban J connectivity index is 4.29. The van der Waals surface area contributed by atoms with Crippen molar-refractivity contribution in [2.75, 3.05) is 39.4 Å². The fourth-order valence-electron chi connectivity index (χ4n) is 3.97. The lowest BCUT2D eigenvalue weighted by Gasteiger charge is -2.22. The van der Waals surface area contributed by atoms with Crippen molar-refractivity contribution in [2.45, 2.75) is 124 Å². The molecule has 0 aliphatic carbocycles. The lowest BCUT2D eigenvalue weighted by molar-refractivity contribution is -0.162. The summed E-state index contributed by atoms with van der Waals surface area (Å²) in [7, 11) is 0. The van der Waals surface area contributed by atoms with Gasteiger partial charge < -0.3 is 20.1 Å². The Labute approximate surface area is 210 Å². The third kappa shape index (κ3) is 19.2. The molecule has 0 spiro atoms. The van der Waals surface area contributed by atoms with E-state index < -0.39 is 17.9 Å². The molecule has 34 heavy (non-hydrogen) atoms. The minimum absolute atomic E-state index is 0.380. The molecule has 0 aliphatic heterocycles. The van der Waals surface area contributed by atoms with Crippen LogP contribution < -0.4 is 5.73 Å². The van der Waals surface area contributed by atoms with E-state index in [2.05, 4.69) is 25.7 Å². The molecular formula is C28H56N2O4. The molecule has 0 saturated heterocycles. The number of rotatable bonds is 25. The zero-order valence-electron chi connectivity index (χ0n) is 22.8. The third-order valence-corrected chi connectivity index (χ3v) is 6.28. The summed E-state index contributed by atoms with van der Waals surface area (Å²) < 4.78 is 10.7. The van der Waals surface area contributed by atoms with Crippen molar-refractivity contribution in [1.29, 1.82) is 0 Å². The molecule has 0 amide bonds. The maximum atomic E-state index is 12.4. The first-order chi connectivity index (χ1) is 16.6. The summed E-state index contributed by atoms with van der Waals surface area (Å²) in [4.78, 5) is 27.5. The molecule has 0 saturated carbocycles. The molecule has 0 aromatic rings. The van der Waals surface area contributed by atoms with Crippen LogP contribution in [0.3, 0.4) is 0 Å². The van der Waals surface area contributed by atoms with E-state index in [1.165, 1.54) is 45.1 Å². The minimum atomic E-state index is -0.775. The summed E-state index contributed by atoms with van der Waals surface area (Å²) in [6, 6.07) is 0. The van der Waals surface area contributed by atoms with Crippen molar-refractivity contribution >= 4 is 11.9 Å². The van der Waals surface area contributed by atoms with Crippen LogP contribution in [0.1, 0.15) is 124 Å². The summed E-state index contributed by atoms with van der Waals surface area (Å²) in [6.45, 7) is 11.2. The number of nitrogens with zero attached hydrogens (tertiary/aromatic N) is 1. The normalized spacial score (nSPS) is 11.4. The number of carbonyl (C=O) groups excluding carboxylic acids is 2. The van der Waals surface area contributed by atoms with Gasteiger partial charge in [0.05, 0.1) is 13.2 Å². The first-order valence-electron chi connectivity index (χ1n) is 14.4. The van der Waals surface area contributed by atoms with Gasteiger partial charge in [0.2, 0.25) is 0 Å². The quantitative estimate of drug-likeness (QED) is 0.0936. The highest BCUT2D eigenvalue weighted by atomic mass is 16.6. The number of carbonyl (C=O) groups is 2. The van der Waals surface area contributed by atoms with Gasteiger partial charge >= 0.3 is 11.9 Å². The van der Waals surface area contributed by atoms with Crippen LogP contribution in [0.2, 0.25) is 0 Å². The second-order valence-corrected chi connectivity index (χ2v) is 9.55. The Morgan fingerprint density at radius 3 is 1.56 bits per heavy atom. The molecule has 0 bridgehead atoms. The van der Waals surface area contributed by atoms with Crippen LogP contribution in [-0.4, -0.2) is 56.2 Å². The number of ether oxygens (including phenoxy) is 2. The van der Waals surface area contributed by atoms with Gasteiger partial charge in [-0.15, -0.1) is 0 Å². The van der Waals surface area contributed by atoms with Crippen LogP contribution >= 0.6 is 0 Å². The van der Waals surface area contributed by atoms with Gasteiger partial charge in [-0.25, -0.2) is 0 Å². The largest absolute Gasteiger partial charge is 0.465 e. The predicted molar refractivity (Wildman–Crippen MR) is 142 cm³/mol. The highest BCUT2D eigenvalue weighted by molar-refractivity contribution is 5.94. The van der Waals surface area contributed by atoms with Crippen LogP contribution in [0.15, 0.2) is 0 Å². The predicted octanol–water partition coefficient (Wildman–Crippen LogP) is 6.25. The lowest BCUT2D eigenvalue weighted by Crippen LogP contribution is -2.29. The molecule has 2 N–H and O–H groups in total. The number of unbranched alkanes of at least 4 members (excludes halogenated alkanes) is 10. The molecule has 0 rings (SSSR count). The van der Waals surface area contributed by atoms with Gasteiger partial charge in [0.15, 0.2) is 5.92 Å². The average molecular weight is 485 g/mol. The van der Waals surface area contributed by atoms with E-state index in [0.717, 1.165) is 77.4 Å². The molecule has 202 valence electrons. The van der Waals surface area contributed by atoms with Gasteiger partial charge in [0, 0.05) is 0 Å². The zero-order chi connectivity index (χ0) is 25.3. The number of hydrogen-bond acceptors (Lipinski definition) is 6. The minimum Gasteiger partial charge on any atom is -0.465 e. The van der Waals surface area contributed by atoms with Gasteiger partial charge in [0.25, 0.3) is 0 Å². The van der Waals surface area contributed by atoms with Gasteiger partial charge in [-0.2, -0.15) is 0 Å². The van der Waals surface area contributed by atoms with Crippen molar-refractivity contribution in [3.63, 3.8) is 0 Å². The van der Waals surface area contributed by atoms with Gasteiger partial charge in [0.1, 0.15) is 0 Å². The lowest BCUT2D eigenvalue weighted by atomic mass is 10.0. The summed E-state index contributed by atoms with van der Waals surface area (Å²) in [5, 5.41) is 0. The summed E-state index contributed by atoms with van der Waals surface area (Å²) >= 11 is 0.